The molecule has 23 heavy (non-hydrogen) atoms. The van der Waals surface area contributed by atoms with Crippen LogP contribution in [0.3, 0.4) is 0 Å². The maximum atomic E-state index is 11.0. The highest BCUT2D eigenvalue weighted by atomic mass is 35.5. The third-order valence-corrected chi connectivity index (χ3v) is 3.42. The molecule has 0 spiro atoms. The van der Waals surface area contributed by atoms with Gasteiger partial charge in [0.25, 0.3) is 0 Å². The highest BCUT2D eigenvalue weighted by Crippen LogP contribution is 2.26. The molecule has 120 valence electrons. The molecule has 0 saturated heterocycles. The first-order valence-corrected chi connectivity index (χ1v) is 7.75. The van der Waals surface area contributed by atoms with Crippen molar-refractivity contribution in [2.24, 2.45) is 5.92 Å². The third kappa shape index (κ3) is 5.15. The monoisotopic (exact) mass is 329 g/mol. The molecule has 0 bridgehead atoms. The number of aliphatic carboxylic acids is 1. The Morgan fingerprint density at radius 2 is 1.61 bits per heavy atom. The summed E-state index contributed by atoms with van der Waals surface area (Å²) in [6.07, 6.45) is 1.09. The number of carbonyl (C=O) groups is 1. The van der Waals surface area contributed by atoms with Crippen molar-refractivity contribution in [2.75, 3.05) is 6.61 Å². The SMILES string of the molecule is CC(C)COc1ccc(/C(=C/C(=O)[O-])c2ccc(Cl)cc2)cc1. The van der Waals surface area contributed by atoms with E-state index in [-0.39, 0.29) is 0 Å². The molecule has 0 saturated carbocycles. The van der Waals surface area contributed by atoms with Crippen LogP contribution in [-0.2, 0) is 4.79 Å². The summed E-state index contributed by atoms with van der Waals surface area (Å²) in [5, 5.41) is 11.6. The van der Waals surface area contributed by atoms with Crippen LogP contribution in [0.4, 0.5) is 0 Å². The Morgan fingerprint density at radius 1 is 1.09 bits per heavy atom. The Bertz CT molecular complexity index is 686. The number of carbonyl (C=O) groups excluding carboxylic acids is 1. The minimum Gasteiger partial charge on any atom is -0.545 e. The van der Waals surface area contributed by atoms with E-state index in [1.165, 1.54) is 0 Å². The quantitative estimate of drug-likeness (QED) is 0.761. The van der Waals surface area contributed by atoms with Gasteiger partial charge in [0.2, 0.25) is 0 Å². The van der Waals surface area contributed by atoms with Crippen LogP contribution in [0, 0.1) is 5.92 Å². The summed E-state index contributed by atoms with van der Waals surface area (Å²) >= 11 is 5.88. The van der Waals surface area contributed by atoms with Crippen LogP contribution < -0.4 is 9.84 Å². The molecule has 0 aliphatic carbocycles. The van der Waals surface area contributed by atoms with Crippen LogP contribution in [0.15, 0.2) is 54.6 Å². The van der Waals surface area contributed by atoms with E-state index in [1.807, 2.05) is 24.3 Å². The number of benzene rings is 2. The number of halogens is 1. The summed E-state index contributed by atoms with van der Waals surface area (Å²) in [6, 6.07) is 14.3. The molecule has 0 aliphatic rings. The second-order valence-electron chi connectivity index (χ2n) is 5.61. The van der Waals surface area contributed by atoms with Crippen LogP contribution in [0.25, 0.3) is 5.57 Å². The predicted molar refractivity (Wildman–Crippen MR) is 90.3 cm³/mol. The summed E-state index contributed by atoms with van der Waals surface area (Å²) in [4.78, 5) is 11.0. The molecule has 0 heterocycles. The van der Waals surface area contributed by atoms with Gasteiger partial charge in [-0.15, -0.1) is 0 Å². The topological polar surface area (TPSA) is 49.4 Å². The van der Waals surface area contributed by atoms with Crippen LogP contribution in [0.5, 0.6) is 5.75 Å². The normalized spacial score (nSPS) is 11.6. The largest absolute Gasteiger partial charge is 0.545 e. The number of ether oxygens (including phenoxy) is 1. The Kier molecular flexibility index (Phi) is 5.83. The number of rotatable bonds is 6. The Labute approximate surface area is 141 Å². The van der Waals surface area contributed by atoms with Crippen molar-refractivity contribution in [3.63, 3.8) is 0 Å². The summed E-state index contributed by atoms with van der Waals surface area (Å²) < 4.78 is 5.64. The van der Waals surface area contributed by atoms with Crippen LogP contribution in [-0.4, -0.2) is 12.6 Å². The van der Waals surface area contributed by atoms with Gasteiger partial charge in [0.05, 0.1) is 12.6 Å². The van der Waals surface area contributed by atoms with E-state index >= 15 is 0 Å². The zero-order valence-electron chi connectivity index (χ0n) is 13.1. The fraction of sp³-hybridized carbons (Fsp3) is 0.211. The van der Waals surface area contributed by atoms with Crippen LogP contribution in [0.1, 0.15) is 25.0 Å². The lowest BCUT2D eigenvalue weighted by Gasteiger charge is -2.12. The molecule has 3 nitrogen and oxygen atoms in total. The summed E-state index contributed by atoms with van der Waals surface area (Å²) in [7, 11) is 0. The lowest BCUT2D eigenvalue weighted by atomic mass is 9.97. The van der Waals surface area contributed by atoms with Crippen molar-refractivity contribution in [3.8, 4) is 5.75 Å². The summed E-state index contributed by atoms with van der Waals surface area (Å²) in [5.41, 5.74) is 2.10. The van der Waals surface area contributed by atoms with Crippen LogP contribution >= 0.6 is 11.6 Å². The molecule has 2 aromatic rings. The molecule has 0 radical (unpaired) electrons. The Morgan fingerprint density at radius 3 is 2.09 bits per heavy atom. The average molecular weight is 330 g/mol. The van der Waals surface area contributed by atoms with Crippen molar-refractivity contribution in [1.82, 2.24) is 0 Å². The van der Waals surface area contributed by atoms with E-state index in [2.05, 4.69) is 13.8 Å². The first-order chi connectivity index (χ1) is 11.0. The third-order valence-electron chi connectivity index (χ3n) is 3.17. The van der Waals surface area contributed by atoms with Crippen molar-refractivity contribution < 1.29 is 14.6 Å². The molecule has 0 fully saturated rings. The van der Waals surface area contributed by atoms with E-state index < -0.39 is 5.97 Å². The lowest BCUT2D eigenvalue weighted by Crippen LogP contribution is -2.19. The predicted octanol–water partition coefficient (Wildman–Crippen LogP) is 3.56. The molecule has 0 N–H and O–H groups in total. The zero-order valence-corrected chi connectivity index (χ0v) is 13.8. The van der Waals surface area contributed by atoms with Crippen LogP contribution in [0.2, 0.25) is 5.02 Å². The minimum atomic E-state index is -1.24. The molecule has 0 unspecified atom stereocenters. The fourth-order valence-electron chi connectivity index (χ4n) is 2.07. The molecule has 0 atom stereocenters. The molecular weight excluding hydrogens is 312 g/mol. The summed E-state index contributed by atoms with van der Waals surface area (Å²) in [5.74, 6) is -0.0428. The molecular formula is C19H18ClO3-. The van der Waals surface area contributed by atoms with Gasteiger partial charge in [0.15, 0.2) is 0 Å². The number of hydrogen-bond acceptors (Lipinski definition) is 3. The van der Waals surface area contributed by atoms with E-state index in [0.29, 0.717) is 23.1 Å². The maximum absolute atomic E-state index is 11.0. The van der Waals surface area contributed by atoms with Gasteiger partial charge in [-0.25, -0.2) is 0 Å². The van der Waals surface area contributed by atoms with Gasteiger partial charge < -0.3 is 14.6 Å². The van der Waals surface area contributed by atoms with E-state index in [4.69, 9.17) is 16.3 Å². The maximum Gasteiger partial charge on any atom is 0.119 e. The second kappa shape index (κ2) is 7.84. The van der Waals surface area contributed by atoms with Gasteiger partial charge >= 0.3 is 0 Å². The molecule has 0 aliphatic heterocycles. The first-order valence-electron chi connectivity index (χ1n) is 7.37. The van der Waals surface area contributed by atoms with E-state index in [1.54, 1.807) is 24.3 Å². The Balaban J connectivity index is 2.29. The molecule has 2 rings (SSSR count). The molecule has 2 aromatic carbocycles. The fourth-order valence-corrected chi connectivity index (χ4v) is 2.20. The second-order valence-corrected chi connectivity index (χ2v) is 6.05. The molecule has 4 heteroatoms. The number of carboxylic acids is 1. The smallest absolute Gasteiger partial charge is 0.119 e. The summed E-state index contributed by atoms with van der Waals surface area (Å²) in [6.45, 7) is 4.80. The molecule has 0 aromatic heterocycles. The van der Waals surface area contributed by atoms with Crippen molar-refractivity contribution >= 4 is 23.1 Å². The molecule has 0 amide bonds. The van der Waals surface area contributed by atoms with Gasteiger partial charge in [-0.05, 0) is 53.0 Å². The van der Waals surface area contributed by atoms with Gasteiger partial charge in [0.1, 0.15) is 5.75 Å². The highest BCUT2D eigenvalue weighted by Gasteiger charge is 2.06. The standard InChI is InChI=1S/C19H19ClO3/c1-13(2)12-23-17-9-5-15(6-10-17)18(11-19(21)22)14-3-7-16(20)8-4-14/h3-11,13H,12H2,1-2H3,(H,21,22)/p-1/b18-11+. The van der Waals surface area contributed by atoms with Crippen molar-refractivity contribution in [1.29, 1.82) is 0 Å². The zero-order chi connectivity index (χ0) is 16.8. The van der Waals surface area contributed by atoms with E-state index in [9.17, 15) is 9.90 Å². The van der Waals surface area contributed by atoms with Gasteiger partial charge in [0, 0.05) is 5.02 Å². The van der Waals surface area contributed by atoms with E-state index in [0.717, 1.165) is 23.0 Å². The Hall–Kier alpha value is -2.26. The van der Waals surface area contributed by atoms with Gasteiger partial charge in [-0.1, -0.05) is 49.7 Å². The van der Waals surface area contributed by atoms with Gasteiger partial charge in [-0.3, -0.25) is 0 Å². The highest BCUT2D eigenvalue weighted by molar-refractivity contribution is 6.30. The average Bonchev–Trinajstić information content (AvgIpc) is 2.52. The van der Waals surface area contributed by atoms with Crippen molar-refractivity contribution in [3.05, 3.63) is 70.8 Å². The van der Waals surface area contributed by atoms with Gasteiger partial charge in [-0.2, -0.15) is 0 Å². The minimum absolute atomic E-state index is 0.442. The number of carboxylic acid groups (broad SMARTS) is 1. The lowest BCUT2D eigenvalue weighted by molar-refractivity contribution is -0.297. The number of hydrogen-bond donors (Lipinski definition) is 0. The van der Waals surface area contributed by atoms with Crippen molar-refractivity contribution in [2.45, 2.75) is 13.8 Å². The first kappa shape index (κ1) is 17.1.